The topological polar surface area (TPSA) is 25.0 Å². The van der Waals surface area contributed by atoms with Crippen molar-refractivity contribution in [2.75, 3.05) is 7.11 Å². The van der Waals surface area contributed by atoms with Gasteiger partial charge in [-0.05, 0) is 17.7 Å². The van der Waals surface area contributed by atoms with Gasteiger partial charge in [0.05, 0.1) is 24.2 Å². The number of nitrogens with one attached hydrogen (secondary N) is 1. The predicted octanol–water partition coefficient (Wildman–Crippen LogP) is 3.64. The zero-order valence-electron chi connectivity index (χ0n) is 9.53. The van der Waals surface area contributed by atoms with Crippen LogP contribution in [0.4, 0.5) is 0 Å². The van der Waals surface area contributed by atoms with Crippen molar-refractivity contribution < 1.29 is 4.74 Å². The van der Waals surface area contributed by atoms with Crippen LogP contribution in [0, 0.1) is 6.20 Å². The minimum atomic E-state index is 0.874. The SMILES string of the molecule is COc1cccc2[nH][c]c(-c3ccccc3)c12. The van der Waals surface area contributed by atoms with E-state index in [0.717, 1.165) is 27.8 Å². The van der Waals surface area contributed by atoms with Crippen LogP contribution in [0.2, 0.25) is 0 Å². The monoisotopic (exact) mass is 222 g/mol. The summed E-state index contributed by atoms with van der Waals surface area (Å²) in [5.41, 5.74) is 3.24. The number of methoxy groups -OCH3 is 1. The zero-order valence-corrected chi connectivity index (χ0v) is 9.53. The average molecular weight is 222 g/mol. The maximum absolute atomic E-state index is 5.41. The molecule has 0 fully saturated rings. The Morgan fingerprint density at radius 3 is 2.59 bits per heavy atom. The Bertz CT molecular complexity index is 640. The van der Waals surface area contributed by atoms with Gasteiger partial charge in [-0.15, -0.1) is 0 Å². The molecule has 0 aliphatic heterocycles. The molecule has 83 valence electrons. The minimum absolute atomic E-state index is 0.874. The molecule has 0 aliphatic carbocycles. The van der Waals surface area contributed by atoms with Gasteiger partial charge in [0.15, 0.2) is 0 Å². The summed E-state index contributed by atoms with van der Waals surface area (Å²) in [5.74, 6) is 0.874. The van der Waals surface area contributed by atoms with E-state index in [-0.39, 0.29) is 0 Å². The third-order valence-corrected chi connectivity index (χ3v) is 2.88. The standard InChI is InChI=1S/C15H12NO/c1-17-14-9-5-8-13-15(14)12(10-16-13)11-6-3-2-4-7-11/h2-9,16H,1H3. The van der Waals surface area contributed by atoms with E-state index >= 15 is 0 Å². The molecule has 0 amide bonds. The minimum Gasteiger partial charge on any atom is -0.496 e. The number of aromatic amines is 1. The maximum Gasteiger partial charge on any atom is 0.128 e. The zero-order chi connectivity index (χ0) is 11.7. The van der Waals surface area contributed by atoms with E-state index in [1.807, 2.05) is 36.4 Å². The second-order valence-corrected chi connectivity index (χ2v) is 3.87. The Kier molecular flexibility index (Phi) is 2.33. The lowest BCUT2D eigenvalue weighted by Crippen LogP contribution is -1.84. The van der Waals surface area contributed by atoms with Gasteiger partial charge in [0.25, 0.3) is 0 Å². The molecule has 0 saturated carbocycles. The van der Waals surface area contributed by atoms with Gasteiger partial charge in [0.1, 0.15) is 5.75 Å². The lowest BCUT2D eigenvalue weighted by molar-refractivity contribution is 0.420. The molecule has 0 saturated heterocycles. The average Bonchev–Trinajstić information content (AvgIpc) is 2.83. The molecule has 1 N–H and O–H groups in total. The number of ether oxygens (including phenoxy) is 1. The van der Waals surface area contributed by atoms with E-state index < -0.39 is 0 Å². The molecule has 17 heavy (non-hydrogen) atoms. The molecule has 0 aliphatic rings. The van der Waals surface area contributed by atoms with E-state index in [4.69, 9.17) is 4.74 Å². The second-order valence-electron chi connectivity index (χ2n) is 3.87. The Morgan fingerprint density at radius 1 is 1.00 bits per heavy atom. The molecule has 1 aromatic heterocycles. The van der Waals surface area contributed by atoms with E-state index in [1.165, 1.54) is 0 Å². The number of hydrogen-bond acceptors (Lipinski definition) is 1. The summed E-state index contributed by atoms with van der Waals surface area (Å²) in [6.45, 7) is 0. The van der Waals surface area contributed by atoms with E-state index in [1.54, 1.807) is 7.11 Å². The van der Waals surface area contributed by atoms with Crippen molar-refractivity contribution in [2.45, 2.75) is 0 Å². The molecule has 2 nitrogen and oxygen atoms in total. The first-order valence-electron chi connectivity index (χ1n) is 5.52. The van der Waals surface area contributed by atoms with Gasteiger partial charge < -0.3 is 9.72 Å². The van der Waals surface area contributed by atoms with E-state index in [2.05, 4.69) is 23.3 Å². The first-order valence-corrected chi connectivity index (χ1v) is 5.52. The van der Waals surface area contributed by atoms with Crippen LogP contribution in [0.25, 0.3) is 22.0 Å². The maximum atomic E-state index is 5.41. The van der Waals surface area contributed by atoms with Crippen LogP contribution in [0.1, 0.15) is 0 Å². The second kappa shape index (κ2) is 3.98. The highest BCUT2D eigenvalue weighted by molar-refractivity contribution is 5.99. The number of aromatic nitrogens is 1. The Morgan fingerprint density at radius 2 is 1.82 bits per heavy atom. The van der Waals surface area contributed by atoms with Gasteiger partial charge in [-0.1, -0.05) is 36.4 Å². The van der Waals surface area contributed by atoms with Gasteiger partial charge in [-0.25, -0.2) is 0 Å². The van der Waals surface area contributed by atoms with Crippen LogP contribution in [0.15, 0.2) is 48.5 Å². The normalized spacial score (nSPS) is 10.6. The lowest BCUT2D eigenvalue weighted by Gasteiger charge is -2.04. The molecular weight excluding hydrogens is 210 g/mol. The van der Waals surface area contributed by atoms with Gasteiger partial charge in [0, 0.05) is 5.56 Å². The predicted molar refractivity (Wildman–Crippen MR) is 69.1 cm³/mol. The van der Waals surface area contributed by atoms with Crippen LogP contribution in [0.5, 0.6) is 5.75 Å². The highest BCUT2D eigenvalue weighted by Crippen LogP contribution is 2.34. The fourth-order valence-electron chi connectivity index (χ4n) is 2.08. The molecule has 3 aromatic rings. The third-order valence-electron chi connectivity index (χ3n) is 2.88. The first-order chi connectivity index (χ1) is 8.40. The molecule has 2 aromatic carbocycles. The molecule has 0 bridgehead atoms. The van der Waals surface area contributed by atoms with Crippen molar-refractivity contribution in [3.63, 3.8) is 0 Å². The molecule has 0 spiro atoms. The Labute approximate surface area is 99.9 Å². The van der Waals surface area contributed by atoms with Gasteiger partial charge in [0.2, 0.25) is 0 Å². The van der Waals surface area contributed by atoms with Crippen molar-refractivity contribution in [3.05, 3.63) is 54.7 Å². The van der Waals surface area contributed by atoms with Crippen molar-refractivity contribution in [1.29, 1.82) is 0 Å². The number of hydrogen-bond donors (Lipinski definition) is 1. The van der Waals surface area contributed by atoms with Gasteiger partial charge >= 0.3 is 0 Å². The number of rotatable bonds is 2. The summed E-state index contributed by atoms with van der Waals surface area (Å²) in [5, 5.41) is 1.08. The van der Waals surface area contributed by atoms with Crippen molar-refractivity contribution in [3.8, 4) is 16.9 Å². The van der Waals surface area contributed by atoms with Gasteiger partial charge in [-0.3, -0.25) is 0 Å². The largest absolute Gasteiger partial charge is 0.496 e. The summed E-state index contributed by atoms with van der Waals surface area (Å²) in [4.78, 5) is 3.16. The third kappa shape index (κ3) is 1.58. The highest BCUT2D eigenvalue weighted by Gasteiger charge is 2.10. The molecular formula is C15H12NO. The summed E-state index contributed by atoms with van der Waals surface area (Å²) in [6, 6.07) is 16.2. The number of benzene rings is 2. The first kappa shape index (κ1) is 9.97. The molecule has 1 radical (unpaired) electrons. The summed E-state index contributed by atoms with van der Waals surface area (Å²) in [7, 11) is 1.69. The molecule has 2 heteroatoms. The Balaban J connectivity index is 2.31. The highest BCUT2D eigenvalue weighted by atomic mass is 16.5. The molecule has 3 rings (SSSR count). The number of H-pyrrole nitrogens is 1. The fourth-order valence-corrected chi connectivity index (χ4v) is 2.08. The van der Waals surface area contributed by atoms with E-state index in [9.17, 15) is 0 Å². The molecule has 0 unspecified atom stereocenters. The molecule has 1 heterocycles. The quantitative estimate of drug-likeness (QED) is 0.703. The smallest absolute Gasteiger partial charge is 0.128 e. The summed E-state index contributed by atoms with van der Waals surface area (Å²) in [6.07, 6.45) is 3.20. The van der Waals surface area contributed by atoms with Crippen molar-refractivity contribution >= 4 is 10.9 Å². The molecule has 0 atom stereocenters. The van der Waals surface area contributed by atoms with E-state index in [0.29, 0.717) is 0 Å². The van der Waals surface area contributed by atoms with Crippen LogP contribution >= 0.6 is 0 Å². The number of fused-ring (bicyclic) bond motifs is 1. The Hall–Kier alpha value is -2.22. The van der Waals surface area contributed by atoms with Crippen molar-refractivity contribution in [2.24, 2.45) is 0 Å². The van der Waals surface area contributed by atoms with Crippen molar-refractivity contribution in [1.82, 2.24) is 4.98 Å². The van der Waals surface area contributed by atoms with Crippen LogP contribution < -0.4 is 4.74 Å². The van der Waals surface area contributed by atoms with Crippen LogP contribution in [-0.4, -0.2) is 12.1 Å². The summed E-state index contributed by atoms with van der Waals surface area (Å²) < 4.78 is 5.41. The fraction of sp³-hybridized carbons (Fsp3) is 0.0667. The summed E-state index contributed by atoms with van der Waals surface area (Å²) >= 11 is 0. The van der Waals surface area contributed by atoms with Gasteiger partial charge in [-0.2, -0.15) is 0 Å². The lowest BCUT2D eigenvalue weighted by atomic mass is 10.0. The van der Waals surface area contributed by atoms with Crippen LogP contribution in [0.3, 0.4) is 0 Å². The van der Waals surface area contributed by atoms with Crippen LogP contribution in [-0.2, 0) is 0 Å².